The highest BCUT2D eigenvalue weighted by molar-refractivity contribution is 14.1. The molecule has 0 fully saturated rings. The van der Waals surface area contributed by atoms with Gasteiger partial charge in [-0.15, -0.1) is 0 Å². The molecule has 2 rings (SSSR count). The summed E-state index contributed by atoms with van der Waals surface area (Å²) in [6.45, 7) is -4.29. The molecular weight excluding hydrogens is 1570 g/mol. The molecular formula is C36H46I6N6O18. The zero-order valence-electron chi connectivity index (χ0n) is 34.8. The van der Waals surface area contributed by atoms with E-state index < -0.39 is 146 Å². The SMILES string of the molecule is CC(O)(CO)NC(=O)c1c(I)c(C(=O)NC(C)(O)CO)c(I)c(N(CC(O)C(O)CN(C(=O)CO)c2c(I)c(C(=O)NC(C)(O)CO)c(I)c(C(=O)NC(C)(O)CO)c2I)C(=O)CO)c1I. The number of benzene rings is 2. The lowest BCUT2D eigenvalue weighted by molar-refractivity contribution is -0.123. The smallest absolute Gasteiger partial charge is 0.255 e. The number of carbonyl (C=O) groups is 6. The quantitative estimate of drug-likeness (QED) is 0.0441. The van der Waals surface area contributed by atoms with Crippen molar-refractivity contribution in [3.8, 4) is 0 Å². The Bertz CT molecular complexity index is 1950. The van der Waals surface area contributed by atoms with Gasteiger partial charge in [-0.3, -0.25) is 28.8 Å². The van der Waals surface area contributed by atoms with Gasteiger partial charge in [-0.25, -0.2) is 0 Å². The highest BCUT2D eigenvalue weighted by Gasteiger charge is 2.39. The van der Waals surface area contributed by atoms with Gasteiger partial charge in [-0.1, -0.05) is 0 Å². The average Bonchev–Trinajstić information content (AvgIpc) is 3.21. The van der Waals surface area contributed by atoms with Gasteiger partial charge in [-0.05, 0) is 163 Å². The Morgan fingerprint density at radius 3 is 0.803 bits per heavy atom. The van der Waals surface area contributed by atoms with Crippen LogP contribution in [0.1, 0.15) is 69.1 Å². The molecule has 0 heterocycles. The Morgan fingerprint density at radius 1 is 0.439 bits per heavy atom. The molecule has 0 spiro atoms. The summed E-state index contributed by atoms with van der Waals surface area (Å²) in [6.07, 6.45) is -4.30. The molecule has 24 nitrogen and oxygen atoms in total. The summed E-state index contributed by atoms with van der Waals surface area (Å²) in [7, 11) is 0. The Balaban J connectivity index is 2.97. The molecule has 0 radical (unpaired) electrons. The second kappa shape index (κ2) is 25.0. The van der Waals surface area contributed by atoms with Crippen LogP contribution in [0.5, 0.6) is 0 Å². The van der Waals surface area contributed by atoms with E-state index in [1.54, 1.807) is 136 Å². The molecule has 6 amide bonds. The van der Waals surface area contributed by atoms with E-state index in [1.807, 2.05) is 0 Å². The standard InChI is InChI=1S/C36H46I6N6O18/c1-33(63,9-51)43-29(59)17-21(37)18(30(60)44-34(2,64)10-52)24(40)27(23(17)39)47(15(57)7-49)5-13(55)14(56)6-48(16(58)8-50)28-25(41)19(31(61)45-35(3,65)11-53)22(38)20(26(28)42)32(62)46-36(4,66)12-54/h13-14,49-56,63-66H,5-12H2,1-4H3,(H,43,59)(H,44,60)(H,45,61)(H,46,62). The maximum absolute atomic E-state index is 13.7. The van der Waals surface area contributed by atoms with E-state index in [9.17, 15) is 90.0 Å². The lowest BCUT2D eigenvalue weighted by Crippen LogP contribution is -2.51. The van der Waals surface area contributed by atoms with E-state index >= 15 is 0 Å². The highest BCUT2D eigenvalue weighted by atomic mass is 127. The minimum atomic E-state index is -2.23. The van der Waals surface area contributed by atoms with Gasteiger partial charge in [0.2, 0.25) is 0 Å². The predicted molar refractivity (Wildman–Crippen MR) is 281 cm³/mol. The van der Waals surface area contributed by atoms with Crippen LogP contribution in [-0.4, -0.2) is 185 Å². The van der Waals surface area contributed by atoms with Gasteiger partial charge in [0, 0.05) is 7.14 Å². The number of aliphatic hydroxyl groups is 12. The van der Waals surface area contributed by atoms with E-state index in [4.69, 9.17) is 0 Å². The second-order valence-corrected chi connectivity index (χ2v) is 21.6. The Kier molecular flexibility index (Phi) is 23.2. The summed E-state index contributed by atoms with van der Waals surface area (Å²) in [5, 5.41) is 133. The normalized spacial score (nSPS) is 16.0. The molecule has 2 aromatic rings. The average molecular weight is 1610 g/mol. The number of hydrogen-bond donors (Lipinski definition) is 16. The van der Waals surface area contributed by atoms with Crippen molar-refractivity contribution in [2.45, 2.75) is 62.8 Å². The first-order chi connectivity index (χ1) is 30.2. The number of nitrogens with zero attached hydrogens (tertiary/aromatic N) is 2. The van der Waals surface area contributed by atoms with Gasteiger partial charge in [0.15, 0.2) is 22.9 Å². The zero-order chi connectivity index (χ0) is 51.2. The number of carbonyl (C=O) groups excluding carboxylic acids is 6. The molecule has 6 atom stereocenters. The van der Waals surface area contributed by atoms with Crippen LogP contribution in [0.15, 0.2) is 0 Å². The fourth-order valence-electron chi connectivity index (χ4n) is 5.38. The van der Waals surface area contributed by atoms with Gasteiger partial charge in [0.05, 0.1) is 99.6 Å². The van der Waals surface area contributed by atoms with Crippen molar-refractivity contribution in [2.24, 2.45) is 0 Å². The first kappa shape index (κ1) is 61.3. The molecule has 370 valence electrons. The summed E-state index contributed by atoms with van der Waals surface area (Å²) < 4.78 is -0.893. The van der Waals surface area contributed by atoms with Crippen LogP contribution >= 0.6 is 136 Å². The van der Waals surface area contributed by atoms with Crippen LogP contribution in [0.25, 0.3) is 0 Å². The van der Waals surface area contributed by atoms with Crippen LogP contribution in [0.3, 0.4) is 0 Å². The summed E-state index contributed by atoms with van der Waals surface area (Å²) >= 11 is 9.60. The number of aliphatic hydroxyl groups excluding tert-OH is 8. The minimum Gasteiger partial charge on any atom is -0.391 e. The van der Waals surface area contributed by atoms with Crippen LogP contribution < -0.4 is 31.1 Å². The second-order valence-electron chi connectivity index (χ2n) is 15.1. The van der Waals surface area contributed by atoms with Crippen molar-refractivity contribution < 1.29 is 90.0 Å². The Morgan fingerprint density at radius 2 is 0.636 bits per heavy atom. The minimum absolute atomic E-state index is 0.138. The lowest BCUT2D eigenvalue weighted by atomic mass is 10.0. The molecule has 0 aliphatic rings. The molecule has 0 bridgehead atoms. The van der Waals surface area contributed by atoms with Crippen molar-refractivity contribution in [1.29, 1.82) is 0 Å². The van der Waals surface area contributed by atoms with E-state index in [2.05, 4.69) is 21.3 Å². The number of anilines is 2. The topological polar surface area (TPSA) is 400 Å². The first-order valence-electron chi connectivity index (χ1n) is 18.5. The largest absolute Gasteiger partial charge is 0.391 e. The summed E-state index contributed by atoms with van der Waals surface area (Å²) in [5.41, 5.74) is -11.2. The molecule has 0 aliphatic carbocycles. The predicted octanol–water partition coefficient (Wildman–Crippen LogP) is -2.89. The summed E-state index contributed by atoms with van der Waals surface area (Å²) in [4.78, 5) is 83.6. The molecule has 0 saturated carbocycles. The van der Waals surface area contributed by atoms with Crippen LogP contribution in [-0.2, 0) is 9.59 Å². The van der Waals surface area contributed by atoms with Gasteiger partial charge in [0.25, 0.3) is 35.4 Å². The van der Waals surface area contributed by atoms with Gasteiger partial charge in [-0.2, -0.15) is 0 Å². The van der Waals surface area contributed by atoms with Crippen molar-refractivity contribution in [3.63, 3.8) is 0 Å². The third-order valence-corrected chi connectivity index (χ3v) is 15.2. The fourth-order valence-corrected chi connectivity index (χ4v) is 14.8. The van der Waals surface area contributed by atoms with E-state index in [1.165, 1.54) is 0 Å². The van der Waals surface area contributed by atoms with Crippen molar-refractivity contribution in [2.75, 3.05) is 62.5 Å². The molecule has 2 aromatic carbocycles. The van der Waals surface area contributed by atoms with E-state index in [0.29, 0.717) is 9.80 Å². The molecule has 66 heavy (non-hydrogen) atoms. The van der Waals surface area contributed by atoms with Crippen molar-refractivity contribution >= 4 is 182 Å². The number of rotatable bonds is 21. The number of nitrogens with one attached hydrogen (secondary N) is 4. The highest BCUT2D eigenvalue weighted by Crippen LogP contribution is 2.41. The lowest BCUT2D eigenvalue weighted by Gasteiger charge is -2.34. The molecule has 0 aliphatic heterocycles. The van der Waals surface area contributed by atoms with Crippen LogP contribution in [0, 0.1) is 21.4 Å². The van der Waals surface area contributed by atoms with Crippen molar-refractivity contribution in [3.05, 3.63) is 43.7 Å². The summed E-state index contributed by atoms with van der Waals surface area (Å²) in [5.74, 6) is -6.84. The molecule has 16 N–H and O–H groups in total. The molecule has 6 unspecified atom stereocenters. The maximum Gasteiger partial charge on any atom is 0.255 e. The third-order valence-electron chi connectivity index (χ3n) is 8.85. The van der Waals surface area contributed by atoms with Gasteiger partial charge >= 0.3 is 0 Å². The Hall–Kier alpha value is -0.840. The van der Waals surface area contributed by atoms with Gasteiger partial charge in [0.1, 0.15) is 13.2 Å². The monoisotopic (exact) mass is 1610 g/mol. The zero-order valence-corrected chi connectivity index (χ0v) is 47.7. The van der Waals surface area contributed by atoms with Crippen LogP contribution in [0.4, 0.5) is 11.4 Å². The molecule has 30 heteroatoms. The number of amides is 6. The third kappa shape index (κ3) is 15.1. The fraction of sp³-hybridized carbons (Fsp3) is 0.500. The van der Waals surface area contributed by atoms with Crippen molar-refractivity contribution in [1.82, 2.24) is 21.3 Å². The maximum atomic E-state index is 13.7. The van der Waals surface area contributed by atoms with E-state index in [0.717, 1.165) is 27.7 Å². The molecule has 0 saturated heterocycles. The van der Waals surface area contributed by atoms with E-state index in [-0.39, 0.29) is 32.8 Å². The van der Waals surface area contributed by atoms with Crippen LogP contribution in [0.2, 0.25) is 0 Å². The first-order valence-corrected chi connectivity index (χ1v) is 24.9. The van der Waals surface area contributed by atoms with Gasteiger partial charge < -0.3 is 92.3 Å². The summed E-state index contributed by atoms with van der Waals surface area (Å²) in [6, 6.07) is 0. The number of hydrogen-bond acceptors (Lipinski definition) is 18. The molecule has 0 aromatic heterocycles. The number of halogens is 6. The Labute approximate surface area is 457 Å².